The standard InChI is InChI=1S/C24H31N5O5S/c1-4-16(20(30)23-28-27-19(5-2)34-23)26-22(31)17(14-24(3)12-8-9-13-24)25-21-15-10-6-7-11-18(15)35(32,33)29-21/h6-7,10-11,16-17H,4-5,8-9,12-14H2,1-3H3,(H,25,29)(H,26,31)/t16-,17-/m0/s1. The van der Waals surface area contributed by atoms with Crippen LogP contribution in [0.15, 0.2) is 38.6 Å². The van der Waals surface area contributed by atoms with Crippen LogP contribution in [-0.4, -0.2) is 48.2 Å². The Bertz CT molecular complexity index is 1250. The van der Waals surface area contributed by atoms with Crippen LogP contribution < -0.4 is 10.0 Å². The second kappa shape index (κ2) is 9.88. The van der Waals surface area contributed by atoms with Gasteiger partial charge in [0.05, 0.1) is 10.9 Å². The van der Waals surface area contributed by atoms with Crippen LogP contribution in [0.25, 0.3) is 0 Å². The highest BCUT2D eigenvalue weighted by molar-refractivity contribution is 7.90. The number of ketones is 1. The number of sulfonamides is 1. The van der Waals surface area contributed by atoms with Crippen molar-refractivity contribution in [1.82, 2.24) is 20.2 Å². The fourth-order valence-electron chi connectivity index (χ4n) is 4.75. The van der Waals surface area contributed by atoms with E-state index in [1.54, 1.807) is 25.1 Å². The van der Waals surface area contributed by atoms with Crippen molar-refractivity contribution in [2.45, 2.75) is 82.7 Å². The Kier molecular flexibility index (Phi) is 7.07. The van der Waals surface area contributed by atoms with Gasteiger partial charge in [-0.25, -0.2) is 8.42 Å². The minimum absolute atomic E-state index is 0.0999. The lowest BCUT2D eigenvalue weighted by molar-refractivity contribution is -0.123. The van der Waals surface area contributed by atoms with Crippen molar-refractivity contribution in [3.8, 4) is 0 Å². The summed E-state index contributed by atoms with van der Waals surface area (Å²) in [4.78, 5) is 31.2. The molecule has 0 unspecified atom stereocenters. The quantitative estimate of drug-likeness (QED) is 0.503. The van der Waals surface area contributed by atoms with Gasteiger partial charge < -0.3 is 9.73 Å². The van der Waals surface area contributed by atoms with E-state index < -0.39 is 33.8 Å². The summed E-state index contributed by atoms with van der Waals surface area (Å²) >= 11 is 0. The molecule has 2 aliphatic rings. The van der Waals surface area contributed by atoms with E-state index in [2.05, 4.69) is 32.2 Å². The molecule has 0 bridgehead atoms. The molecule has 2 aromatic rings. The first-order valence-corrected chi connectivity index (χ1v) is 13.5. The van der Waals surface area contributed by atoms with Crippen molar-refractivity contribution in [3.05, 3.63) is 41.6 Å². The number of hydrogen-bond acceptors (Lipinski definition) is 8. The first kappa shape index (κ1) is 25.0. The number of amidine groups is 1. The molecule has 2 N–H and O–H groups in total. The molecule has 10 nitrogen and oxygen atoms in total. The summed E-state index contributed by atoms with van der Waals surface area (Å²) in [5, 5.41) is 10.4. The van der Waals surface area contributed by atoms with E-state index >= 15 is 0 Å². The zero-order chi connectivity index (χ0) is 25.2. The van der Waals surface area contributed by atoms with Crippen LogP contribution in [0.3, 0.4) is 0 Å². The third-order valence-corrected chi connectivity index (χ3v) is 8.17. The van der Waals surface area contributed by atoms with Gasteiger partial charge in [0.25, 0.3) is 15.9 Å². The number of carbonyl (C=O) groups is 2. The van der Waals surface area contributed by atoms with Crippen LogP contribution in [-0.2, 0) is 21.2 Å². The first-order chi connectivity index (χ1) is 16.7. The van der Waals surface area contributed by atoms with E-state index in [4.69, 9.17) is 4.42 Å². The number of rotatable bonds is 9. The topological polar surface area (TPSA) is 144 Å². The number of aryl methyl sites for hydroxylation is 1. The minimum atomic E-state index is -3.74. The average molecular weight is 502 g/mol. The number of hydrogen-bond donors (Lipinski definition) is 2. The molecular weight excluding hydrogens is 470 g/mol. The van der Waals surface area contributed by atoms with Gasteiger partial charge in [-0.05, 0) is 43.2 Å². The lowest BCUT2D eigenvalue weighted by Crippen LogP contribution is -2.46. The van der Waals surface area contributed by atoms with Crippen molar-refractivity contribution in [3.63, 3.8) is 0 Å². The number of amides is 1. The fourth-order valence-corrected chi connectivity index (χ4v) is 5.99. The molecule has 4 rings (SSSR count). The molecule has 0 spiro atoms. The Balaban J connectivity index is 1.62. The van der Waals surface area contributed by atoms with Gasteiger partial charge in [0, 0.05) is 12.0 Å². The number of carbonyl (C=O) groups excluding carboxylic acids is 2. The van der Waals surface area contributed by atoms with Crippen LogP contribution in [0.2, 0.25) is 0 Å². The summed E-state index contributed by atoms with van der Waals surface area (Å²) in [5.41, 5.74) is 0.333. The number of benzene rings is 1. The second-order valence-corrected chi connectivity index (χ2v) is 11.2. The molecule has 2 atom stereocenters. The van der Waals surface area contributed by atoms with E-state index in [1.165, 1.54) is 6.07 Å². The van der Waals surface area contributed by atoms with Crippen LogP contribution in [0.1, 0.15) is 81.4 Å². The lowest BCUT2D eigenvalue weighted by atomic mass is 9.82. The summed E-state index contributed by atoms with van der Waals surface area (Å²) in [7, 11) is -3.74. The first-order valence-electron chi connectivity index (χ1n) is 12.0. The smallest absolute Gasteiger partial charge is 0.286 e. The highest BCUT2D eigenvalue weighted by atomic mass is 32.2. The van der Waals surface area contributed by atoms with Crippen molar-refractivity contribution < 1.29 is 22.4 Å². The molecule has 1 aliphatic carbocycles. The van der Waals surface area contributed by atoms with E-state index in [9.17, 15) is 18.0 Å². The Morgan fingerprint density at radius 2 is 1.91 bits per heavy atom. The number of nitrogens with zero attached hydrogens (tertiary/aromatic N) is 3. The number of Topliss-reactive ketones (excluding diaryl/α,β-unsaturated/α-hetero) is 1. The fraction of sp³-hybridized carbons (Fsp3) is 0.542. The van der Waals surface area contributed by atoms with E-state index in [-0.39, 0.29) is 22.0 Å². The van der Waals surface area contributed by atoms with Crippen LogP contribution in [0.5, 0.6) is 0 Å². The normalized spacial score (nSPS) is 20.7. The van der Waals surface area contributed by atoms with Gasteiger partial charge in [-0.1, -0.05) is 45.7 Å². The molecule has 1 amide bonds. The largest absolute Gasteiger partial charge is 0.418 e. The molecule has 1 saturated carbocycles. The zero-order valence-corrected chi connectivity index (χ0v) is 21.0. The van der Waals surface area contributed by atoms with Gasteiger partial charge in [0.15, 0.2) is 0 Å². The summed E-state index contributed by atoms with van der Waals surface area (Å²) in [5.74, 6) is -0.550. The van der Waals surface area contributed by atoms with Gasteiger partial charge >= 0.3 is 0 Å². The predicted molar refractivity (Wildman–Crippen MR) is 129 cm³/mol. The van der Waals surface area contributed by atoms with Crippen LogP contribution in [0.4, 0.5) is 0 Å². The van der Waals surface area contributed by atoms with Gasteiger partial charge in [-0.2, -0.15) is 0 Å². The van der Waals surface area contributed by atoms with Crippen LogP contribution >= 0.6 is 0 Å². The SMILES string of the molecule is CCc1nnc(C(=O)[C@H](CC)NC(=O)[C@H](CC2(C)CCCC2)N=C2NS(=O)(=O)c3ccccc32)o1. The molecule has 1 aromatic heterocycles. The second-order valence-electron chi connectivity index (χ2n) is 9.51. The summed E-state index contributed by atoms with van der Waals surface area (Å²) in [6.45, 7) is 5.74. The van der Waals surface area contributed by atoms with Gasteiger partial charge in [0.2, 0.25) is 17.6 Å². The third-order valence-electron chi connectivity index (χ3n) is 6.77. The number of aromatic nitrogens is 2. The van der Waals surface area contributed by atoms with E-state index in [0.29, 0.717) is 30.7 Å². The van der Waals surface area contributed by atoms with Crippen LogP contribution in [0, 0.1) is 5.41 Å². The zero-order valence-electron chi connectivity index (χ0n) is 20.2. The summed E-state index contributed by atoms with van der Waals surface area (Å²) in [6, 6.07) is 4.80. The van der Waals surface area contributed by atoms with Crippen molar-refractivity contribution in [2.24, 2.45) is 10.4 Å². The predicted octanol–water partition coefficient (Wildman–Crippen LogP) is 2.79. The summed E-state index contributed by atoms with van der Waals surface area (Å²) in [6.07, 6.45) is 5.33. The maximum atomic E-state index is 13.5. The Labute approximate surface area is 205 Å². The number of aliphatic imine (C=N–C) groups is 1. The van der Waals surface area contributed by atoms with E-state index in [0.717, 1.165) is 25.7 Å². The molecule has 1 aromatic carbocycles. The molecule has 0 radical (unpaired) electrons. The van der Waals surface area contributed by atoms with E-state index in [1.807, 2.05) is 6.92 Å². The molecule has 11 heteroatoms. The van der Waals surface area contributed by atoms with Gasteiger partial charge in [-0.3, -0.25) is 19.3 Å². The molecule has 1 aliphatic heterocycles. The third kappa shape index (κ3) is 5.29. The van der Waals surface area contributed by atoms with Crippen molar-refractivity contribution in [1.29, 1.82) is 0 Å². The average Bonchev–Trinajstić information content (AvgIpc) is 3.55. The number of nitrogens with one attached hydrogen (secondary N) is 2. The molecule has 35 heavy (non-hydrogen) atoms. The molecule has 2 heterocycles. The summed E-state index contributed by atoms with van der Waals surface area (Å²) < 4.78 is 33.0. The molecule has 0 saturated heterocycles. The number of fused-ring (bicyclic) bond motifs is 1. The maximum Gasteiger partial charge on any atom is 0.286 e. The van der Waals surface area contributed by atoms with Gasteiger partial charge in [-0.15, -0.1) is 10.2 Å². The maximum absolute atomic E-state index is 13.5. The molecule has 188 valence electrons. The monoisotopic (exact) mass is 501 g/mol. The van der Waals surface area contributed by atoms with Crippen molar-refractivity contribution in [2.75, 3.05) is 0 Å². The lowest BCUT2D eigenvalue weighted by Gasteiger charge is -2.28. The Hall–Kier alpha value is -3.08. The highest BCUT2D eigenvalue weighted by Gasteiger charge is 2.38. The molecular formula is C24H31N5O5S. The van der Waals surface area contributed by atoms with Gasteiger partial charge in [0.1, 0.15) is 11.9 Å². The highest BCUT2D eigenvalue weighted by Crippen LogP contribution is 2.42. The van der Waals surface area contributed by atoms with Crippen molar-refractivity contribution >= 4 is 27.5 Å². The Morgan fingerprint density at radius 1 is 1.20 bits per heavy atom. The minimum Gasteiger partial charge on any atom is -0.418 e. The molecule has 1 fully saturated rings. The Morgan fingerprint density at radius 3 is 2.57 bits per heavy atom.